The number of rotatable bonds is 4. The second-order valence-corrected chi connectivity index (χ2v) is 5.38. The van der Waals surface area contributed by atoms with Gasteiger partial charge in [0.25, 0.3) is 0 Å². The van der Waals surface area contributed by atoms with Crippen LogP contribution in [0.3, 0.4) is 0 Å². The van der Waals surface area contributed by atoms with Gasteiger partial charge in [-0.15, -0.1) is 11.3 Å². The van der Waals surface area contributed by atoms with Gasteiger partial charge in [-0.2, -0.15) is 11.3 Å². The number of thiazole rings is 1. The average Bonchev–Trinajstić information content (AvgIpc) is 2.94. The molecular weight excluding hydrogens is 256 g/mol. The van der Waals surface area contributed by atoms with Crippen molar-refractivity contribution >= 4 is 33.8 Å². The Kier molecular flexibility index (Phi) is 3.75. The summed E-state index contributed by atoms with van der Waals surface area (Å²) in [5.74, 6) is -0.387. The summed E-state index contributed by atoms with van der Waals surface area (Å²) in [5.41, 5.74) is 1.60. The van der Waals surface area contributed by atoms with E-state index < -0.39 is 0 Å². The number of thiophene rings is 1. The Morgan fingerprint density at radius 3 is 3.06 bits per heavy atom. The summed E-state index contributed by atoms with van der Waals surface area (Å²) in [4.78, 5) is 16.5. The minimum Gasteiger partial charge on any atom is -0.464 e. The summed E-state index contributed by atoms with van der Waals surface area (Å²) in [7, 11) is 1.36. The van der Waals surface area contributed by atoms with Crippen LogP contribution in [0.15, 0.2) is 16.8 Å². The molecule has 4 nitrogen and oxygen atoms in total. The van der Waals surface area contributed by atoms with E-state index in [0.717, 1.165) is 16.6 Å². The molecule has 0 saturated heterocycles. The Balaban J connectivity index is 2.05. The zero-order chi connectivity index (χ0) is 12.3. The molecule has 0 aliphatic heterocycles. The number of hydrogen-bond donors (Lipinski definition) is 1. The Morgan fingerprint density at radius 2 is 2.41 bits per heavy atom. The van der Waals surface area contributed by atoms with Crippen LogP contribution >= 0.6 is 22.7 Å². The smallest absolute Gasteiger partial charge is 0.357 e. The third-order valence-electron chi connectivity index (χ3n) is 2.20. The molecule has 0 saturated carbocycles. The monoisotopic (exact) mass is 268 g/mol. The molecule has 0 aromatic carbocycles. The van der Waals surface area contributed by atoms with Gasteiger partial charge < -0.3 is 10.1 Å². The number of aromatic nitrogens is 1. The number of ether oxygens (including phenoxy) is 1. The number of methoxy groups -OCH3 is 1. The quantitative estimate of drug-likeness (QED) is 0.866. The van der Waals surface area contributed by atoms with E-state index in [0.29, 0.717) is 5.69 Å². The lowest BCUT2D eigenvalue weighted by Gasteiger charge is -1.98. The highest BCUT2D eigenvalue weighted by Crippen LogP contribution is 2.23. The number of esters is 1. The molecule has 0 fully saturated rings. The maximum absolute atomic E-state index is 11.4. The summed E-state index contributed by atoms with van der Waals surface area (Å²) < 4.78 is 4.66. The predicted octanol–water partition coefficient (Wildman–Crippen LogP) is 2.91. The van der Waals surface area contributed by atoms with E-state index in [1.54, 1.807) is 11.3 Å². The van der Waals surface area contributed by atoms with Gasteiger partial charge in [0.2, 0.25) is 0 Å². The van der Waals surface area contributed by atoms with Gasteiger partial charge in [0.05, 0.1) is 7.11 Å². The minimum absolute atomic E-state index is 0.387. The average molecular weight is 268 g/mol. The Morgan fingerprint density at radius 1 is 1.59 bits per heavy atom. The lowest BCUT2D eigenvalue weighted by molar-refractivity contribution is 0.0594. The molecule has 2 heterocycles. The number of nitrogens with zero attached hydrogens (tertiary/aromatic N) is 1. The molecule has 0 amide bonds. The van der Waals surface area contributed by atoms with Crippen molar-refractivity contribution in [3.05, 3.63) is 33.0 Å². The van der Waals surface area contributed by atoms with Crippen molar-refractivity contribution in [1.29, 1.82) is 0 Å². The minimum atomic E-state index is -0.387. The van der Waals surface area contributed by atoms with Crippen molar-refractivity contribution in [3.8, 4) is 0 Å². The maximum atomic E-state index is 11.4. The number of carbonyl (C=O) groups excluding carboxylic acids is 1. The van der Waals surface area contributed by atoms with Crippen molar-refractivity contribution in [2.24, 2.45) is 0 Å². The first-order valence-corrected chi connectivity index (χ1v) is 6.77. The molecule has 90 valence electrons. The van der Waals surface area contributed by atoms with E-state index in [4.69, 9.17) is 0 Å². The van der Waals surface area contributed by atoms with Crippen molar-refractivity contribution in [2.45, 2.75) is 13.5 Å². The molecule has 0 unspecified atom stereocenters. The van der Waals surface area contributed by atoms with Crippen molar-refractivity contribution < 1.29 is 9.53 Å². The zero-order valence-corrected chi connectivity index (χ0v) is 11.2. The second-order valence-electron chi connectivity index (χ2n) is 3.40. The highest BCUT2D eigenvalue weighted by atomic mass is 32.1. The SMILES string of the molecule is COC(=O)c1nc(NCc2ccsc2)sc1C. The summed E-state index contributed by atoms with van der Waals surface area (Å²) in [6.07, 6.45) is 0. The van der Waals surface area contributed by atoms with Crippen LogP contribution in [0.25, 0.3) is 0 Å². The molecule has 17 heavy (non-hydrogen) atoms. The van der Waals surface area contributed by atoms with Gasteiger partial charge in [-0.3, -0.25) is 0 Å². The Hall–Kier alpha value is -1.40. The van der Waals surface area contributed by atoms with Crippen LogP contribution in [0.4, 0.5) is 5.13 Å². The third-order valence-corrected chi connectivity index (χ3v) is 3.86. The van der Waals surface area contributed by atoms with Gasteiger partial charge in [0.15, 0.2) is 10.8 Å². The van der Waals surface area contributed by atoms with Gasteiger partial charge in [-0.05, 0) is 29.3 Å². The maximum Gasteiger partial charge on any atom is 0.357 e. The highest BCUT2D eigenvalue weighted by Gasteiger charge is 2.15. The van der Waals surface area contributed by atoms with Crippen LogP contribution in [0.1, 0.15) is 20.9 Å². The van der Waals surface area contributed by atoms with Gasteiger partial charge in [0, 0.05) is 11.4 Å². The summed E-state index contributed by atoms with van der Waals surface area (Å²) in [5, 5.41) is 8.05. The fourth-order valence-corrected chi connectivity index (χ4v) is 2.79. The molecule has 2 rings (SSSR count). The van der Waals surface area contributed by atoms with E-state index in [1.165, 1.54) is 24.0 Å². The van der Waals surface area contributed by atoms with Crippen molar-refractivity contribution in [3.63, 3.8) is 0 Å². The number of nitrogens with one attached hydrogen (secondary N) is 1. The fraction of sp³-hybridized carbons (Fsp3) is 0.273. The molecule has 2 aromatic heterocycles. The Labute approximate surface area is 107 Å². The molecule has 2 aromatic rings. The molecule has 0 aliphatic carbocycles. The molecule has 0 radical (unpaired) electrons. The number of hydrogen-bond acceptors (Lipinski definition) is 6. The second kappa shape index (κ2) is 5.29. The third kappa shape index (κ3) is 2.83. The largest absolute Gasteiger partial charge is 0.464 e. The first-order chi connectivity index (χ1) is 8.20. The highest BCUT2D eigenvalue weighted by molar-refractivity contribution is 7.15. The van der Waals surface area contributed by atoms with E-state index in [2.05, 4.69) is 26.5 Å². The first-order valence-electron chi connectivity index (χ1n) is 5.01. The van der Waals surface area contributed by atoms with E-state index >= 15 is 0 Å². The molecule has 0 atom stereocenters. The van der Waals surface area contributed by atoms with Crippen LogP contribution in [0.5, 0.6) is 0 Å². The lowest BCUT2D eigenvalue weighted by Crippen LogP contribution is -2.04. The molecule has 0 bridgehead atoms. The molecule has 0 aliphatic rings. The lowest BCUT2D eigenvalue weighted by atomic mass is 10.3. The zero-order valence-electron chi connectivity index (χ0n) is 9.52. The van der Waals surface area contributed by atoms with Crippen LogP contribution < -0.4 is 5.32 Å². The van der Waals surface area contributed by atoms with Crippen molar-refractivity contribution in [1.82, 2.24) is 4.98 Å². The van der Waals surface area contributed by atoms with Crippen LogP contribution in [0, 0.1) is 6.92 Å². The summed E-state index contributed by atoms with van der Waals surface area (Å²) >= 11 is 3.12. The predicted molar refractivity (Wildman–Crippen MR) is 69.8 cm³/mol. The van der Waals surface area contributed by atoms with Gasteiger partial charge in [0.1, 0.15) is 0 Å². The normalized spacial score (nSPS) is 10.2. The van der Waals surface area contributed by atoms with Gasteiger partial charge in [-0.1, -0.05) is 0 Å². The van der Waals surface area contributed by atoms with E-state index in [9.17, 15) is 4.79 Å². The number of carbonyl (C=O) groups is 1. The molecular formula is C11H12N2O2S2. The van der Waals surface area contributed by atoms with Crippen LogP contribution in [0.2, 0.25) is 0 Å². The number of aryl methyl sites for hydroxylation is 1. The van der Waals surface area contributed by atoms with Crippen LogP contribution in [-0.2, 0) is 11.3 Å². The van der Waals surface area contributed by atoms with Gasteiger partial charge >= 0.3 is 5.97 Å². The molecule has 6 heteroatoms. The fourth-order valence-electron chi connectivity index (χ4n) is 1.33. The van der Waals surface area contributed by atoms with Gasteiger partial charge in [-0.25, -0.2) is 9.78 Å². The first kappa shape index (κ1) is 12.1. The topological polar surface area (TPSA) is 51.2 Å². The summed E-state index contributed by atoms with van der Waals surface area (Å²) in [6, 6.07) is 2.05. The standard InChI is InChI=1S/C11H12N2O2S2/c1-7-9(10(14)15-2)13-11(17-7)12-5-8-3-4-16-6-8/h3-4,6H,5H2,1-2H3,(H,12,13). The Bertz CT molecular complexity index is 506. The van der Waals surface area contributed by atoms with Crippen molar-refractivity contribution in [2.75, 3.05) is 12.4 Å². The molecule has 1 N–H and O–H groups in total. The summed E-state index contributed by atoms with van der Waals surface area (Å²) in [6.45, 7) is 2.58. The van der Waals surface area contributed by atoms with E-state index in [-0.39, 0.29) is 5.97 Å². The molecule has 0 spiro atoms. The number of anilines is 1. The van der Waals surface area contributed by atoms with Crippen LogP contribution in [-0.4, -0.2) is 18.1 Å². The van der Waals surface area contributed by atoms with E-state index in [1.807, 2.05) is 12.3 Å².